The summed E-state index contributed by atoms with van der Waals surface area (Å²) in [5.41, 5.74) is 1.23. The second kappa shape index (κ2) is 7.75. The number of hydrogen-bond donors (Lipinski definition) is 0. The lowest BCUT2D eigenvalue weighted by Gasteiger charge is -2.01. The van der Waals surface area contributed by atoms with E-state index in [2.05, 4.69) is 28.9 Å². The molecule has 0 amide bonds. The molecule has 1 aromatic heterocycles. The highest BCUT2D eigenvalue weighted by atomic mass is 32.2. The number of ether oxygens (including phenoxy) is 1. The van der Waals surface area contributed by atoms with E-state index in [0.717, 1.165) is 30.8 Å². The maximum absolute atomic E-state index is 5.58. The number of allylic oxidation sites excluding steroid dienone is 1. The topological polar surface area (TPSA) is 48.2 Å². The van der Waals surface area contributed by atoms with Crippen molar-refractivity contribution in [2.24, 2.45) is 0 Å². The molecule has 0 spiro atoms. The summed E-state index contributed by atoms with van der Waals surface area (Å²) in [6.07, 6.45) is 4.45. The number of methoxy groups -OCH3 is 1. The molecule has 0 N–H and O–H groups in total. The average Bonchev–Trinajstić information content (AvgIpc) is 2.94. The van der Waals surface area contributed by atoms with E-state index in [-0.39, 0.29) is 0 Å². The quantitative estimate of drug-likeness (QED) is 0.423. The van der Waals surface area contributed by atoms with Crippen molar-refractivity contribution in [3.8, 4) is 5.75 Å². The first-order valence-corrected chi connectivity index (χ1v) is 7.49. The minimum Gasteiger partial charge on any atom is -0.497 e. The Bertz CT molecular complexity index is 537. The van der Waals surface area contributed by atoms with Gasteiger partial charge in [0.2, 0.25) is 5.89 Å². The first-order valence-electron chi connectivity index (χ1n) is 6.51. The molecular weight excluding hydrogens is 272 g/mol. The van der Waals surface area contributed by atoms with E-state index in [4.69, 9.17) is 9.15 Å². The van der Waals surface area contributed by atoms with Crippen molar-refractivity contribution in [1.29, 1.82) is 0 Å². The number of thioether (sulfide) groups is 1. The first-order chi connectivity index (χ1) is 9.81. The maximum Gasteiger partial charge on any atom is 0.276 e. The van der Waals surface area contributed by atoms with Crippen LogP contribution in [0.1, 0.15) is 17.9 Å². The summed E-state index contributed by atoms with van der Waals surface area (Å²) in [7, 11) is 1.67. The molecule has 0 saturated heterocycles. The lowest BCUT2D eigenvalue weighted by atomic mass is 10.1. The number of nitrogens with zero attached hydrogens (tertiary/aromatic N) is 2. The molecule has 0 bridgehead atoms. The Morgan fingerprint density at radius 3 is 2.75 bits per heavy atom. The minimum atomic E-state index is 0.636. The highest BCUT2D eigenvalue weighted by molar-refractivity contribution is 7.99. The predicted octanol–water partition coefficient (Wildman–Crippen LogP) is 3.53. The van der Waals surface area contributed by atoms with E-state index in [1.165, 1.54) is 5.56 Å². The molecule has 1 heterocycles. The highest BCUT2D eigenvalue weighted by Crippen LogP contribution is 2.18. The van der Waals surface area contributed by atoms with E-state index in [1.54, 1.807) is 18.9 Å². The van der Waals surface area contributed by atoms with Crippen LogP contribution < -0.4 is 4.74 Å². The molecular formula is C15H18N2O2S. The Labute approximate surface area is 123 Å². The van der Waals surface area contributed by atoms with Gasteiger partial charge in [-0.2, -0.15) is 0 Å². The molecule has 5 heteroatoms. The monoisotopic (exact) mass is 290 g/mol. The van der Waals surface area contributed by atoms with Crippen LogP contribution in [0.4, 0.5) is 0 Å². The number of aryl methyl sites for hydroxylation is 2. The summed E-state index contributed by atoms with van der Waals surface area (Å²) in [5, 5.41) is 8.71. The van der Waals surface area contributed by atoms with Gasteiger partial charge in [0.25, 0.3) is 5.22 Å². The van der Waals surface area contributed by atoms with Crippen molar-refractivity contribution in [1.82, 2.24) is 10.2 Å². The normalized spacial score (nSPS) is 10.4. The molecule has 0 aliphatic carbocycles. The van der Waals surface area contributed by atoms with Gasteiger partial charge in [0.1, 0.15) is 5.75 Å². The van der Waals surface area contributed by atoms with Crippen LogP contribution in [0.25, 0.3) is 0 Å². The highest BCUT2D eigenvalue weighted by Gasteiger charge is 2.06. The second-order valence-corrected chi connectivity index (χ2v) is 5.28. The largest absolute Gasteiger partial charge is 0.497 e. The van der Waals surface area contributed by atoms with Crippen molar-refractivity contribution in [3.63, 3.8) is 0 Å². The fourth-order valence-corrected chi connectivity index (χ4v) is 2.38. The van der Waals surface area contributed by atoms with E-state index in [0.29, 0.717) is 11.1 Å². The molecule has 0 fully saturated rings. The molecule has 2 rings (SSSR count). The molecule has 0 saturated carbocycles. The summed E-state index contributed by atoms with van der Waals surface area (Å²) < 4.78 is 10.7. The third-order valence-corrected chi connectivity index (χ3v) is 3.63. The smallest absolute Gasteiger partial charge is 0.276 e. The fourth-order valence-electron chi connectivity index (χ4n) is 1.67. The zero-order valence-electron chi connectivity index (χ0n) is 11.5. The maximum atomic E-state index is 5.58. The Hall–Kier alpha value is -1.75. The predicted molar refractivity (Wildman–Crippen MR) is 80.2 cm³/mol. The first kappa shape index (κ1) is 14.7. The van der Waals surface area contributed by atoms with Gasteiger partial charge >= 0.3 is 0 Å². The molecule has 0 radical (unpaired) electrons. The third kappa shape index (κ3) is 4.42. The molecule has 4 nitrogen and oxygen atoms in total. The average molecular weight is 290 g/mol. The summed E-state index contributed by atoms with van der Waals surface area (Å²) >= 11 is 1.56. The minimum absolute atomic E-state index is 0.636. The number of hydrogen-bond acceptors (Lipinski definition) is 5. The van der Waals surface area contributed by atoms with Gasteiger partial charge < -0.3 is 9.15 Å². The molecule has 0 aliphatic heterocycles. The number of rotatable bonds is 8. The lowest BCUT2D eigenvalue weighted by Crippen LogP contribution is -1.92. The standard InChI is InChI=1S/C15H18N2O2S/c1-3-4-11-20-15-17-16-14(19-15)10-7-12-5-8-13(18-2)9-6-12/h3,5-6,8-9H,1,4,7,10-11H2,2H3. The van der Waals surface area contributed by atoms with Gasteiger partial charge in [-0.3, -0.25) is 0 Å². The molecule has 106 valence electrons. The van der Waals surface area contributed by atoms with Gasteiger partial charge in [-0.15, -0.1) is 16.8 Å². The number of aromatic nitrogens is 2. The van der Waals surface area contributed by atoms with Gasteiger partial charge in [-0.05, 0) is 30.5 Å². The van der Waals surface area contributed by atoms with Crippen LogP contribution in [0.3, 0.4) is 0 Å². The molecule has 1 aromatic carbocycles. The molecule has 2 aromatic rings. The van der Waals surface area contributed by atoms with Crippen LogP contribution in [0.2, 0.25) is 0 Å². The molecule has 0 aliphatic rings. The second-order valence-electron chi connectivity index (χ2n) is 4.24. The van der Waals surface area contributed by atoms with E-state index < -0.39 is 0 Å². The van der Waals surface area contributed by atoms with Crippen molar-refractivity contribution < 1.29 is 9.15 Å². The van der Waals surface area contributed by atoms with Crippen molar-refractivity contribution >= 4 is 11.8 Å². The summed E-state index contributed by atoms with van der Waals surface area (Å²) in [5.74, 6) is 2.47. The van der Waals surface area contributed by atoms with Crippen molar-refractivity contribution in [2.45, 2.75) is 24.5 Å². The van der Waals surface area contributed by atoms with E-state index in [9.17, 15) is 0 Å². The van der Waals surface area contributed by atoms with Crippen LogP contribution in [0.5, 0.6) is 5.75 Å². The van der Waals surface area contributed by atoms with Crippen LogP contribution in [0.15, 0.2) is 46.6 Å². The Morgan fingerprint density at radius 2 is 2.05 bits per heavy atom. The van der Waals surface area contributed by atoms with Crippen LogP contribution >= 0.6 is 11.8 Å². The lowest BCUT2D eigenvalue weighted by molar-refractivity contribution is 0.412. The van der Waals surface area contributed by atoms with Gasteiger partial charge in [-0.1, -0.05) is 30.0 Å². The Morgan fingerprint density at radius 1 is 1.25 bits per heavy atom. The zero-order chi connectivity index (χ0) is 14.2. The SMILES string of the molecule is C=CCCSc1nnc(CCc2ccc(OC)cc2)o1. The fraction of sp³-hybridized carbons (Fsp3) is 0.333. The van der Waals surface area contributed by atoms with Gasteiger partial charge in [-0.25, -0.2) is 0 Å². The zero-order valence-corrected chi connectivity index (χ0v) is 12.4. The summed E-state index contributed by atoms with van der Waals surface area (Å²) in [4.78, 5) is 0. The van der Waals surface area contributed by atoms with E-state index >= 15 is 0 Å². The molecule has 0 atom stereocenters. The molecule has 20 heavy (non-hydrogen) atoms. The van der Waals surface area contributed by atoms with Crippen LogP contribution in [-0.2, 0) is 12.8 Å². The van der Waals surface area contributed by atoms with Crippen LogP contribution in [-0.4, -0.2) is 23.1 Å². The van der Waals surface area contributed by atoms with Crippen LogP contribution in [0, 0.1) is 0 Å². The van der Waals surface area contributed by atoms with Gasteiger partial charge in [0, 0.05) is 12.2 Å². The Kier molecular flexibility index (Phi) is 5.68. The van der Waals surface area contributed by atoms with Gasteiger partial charge in [0.05, 0.1) is 7.11 Å². The summed E-state index contributed by atoms with van der Waals surface area (Å²) in [6.45, 7) is 3.68. The Balaban J connectivity index is 1.82. The van der Waals surface area contributed by atoms with Gasteiger partial charge in [0.15, 0.2) is 0 Å². The third-order valence-electron chi connectivity index (χ3n) is 2.78. The summed E-state index contributed by atoms with van der Waals surface area (Å²) in [6, 6.07) is 8.02. The van der Waals surface area contributed by atoms with E-state index in [1.807, 2.05) is 18.2 Å². The number of benzene rings is 1. The van der Waals surface area contributed by atoms with Crippen molar-refractivity contribution in [2.75, 3.05) is 12.9 Å². The van der Waals surface area contributed by atoms with Crippen molar-refractivity contribution in [3.05, 3.63) is 48.4 Å². The molecule has 0 unspecified atom stereocenters.